The third kappa shape index (κ3) is 4.09. The maximum Gasteiger partial charge on any atom is 0.329 e. The summed E-state index contributed by atoms with van der Waals surface area (Å²) in [5.74, 6) is -1.26. The van der Waals surface area contributed by atoms with Gasteiger partial charge in [0.2, 0.25) is 5.89 Å². The number of rotatable bonds is 6. The second-order valence-electron chi connectivity index (χ2n) is 9.11. The Morgan fingerprint density at radius 1 is 1.03 bits per heavy atom. The molecular weight excluding hydrogens is 477 g/mol. The van der Waals surface area contributed by atoms with Gasteiger partial charge in [0.15, 0.2) is 0 Å². The van der Waals surface area contributed by atoms with Crippen molar-refractivity contribution in [1.82, 2.24) is 29.2 Å². The Morgan fingerprint density at radius 3 is 2.47 bits per heavy atom. The summed E-state index contributed by atoms with van der Waals surface area (Å²) >= 11 is 0. The van der Waals surface area contributed by atoms with Crippen molar-refractivity contribution in [2.45, 2.75) is 37.9 Å². The van der Waals surface area contributed by atoms with Crippen LogP contribution in [0.25, 0.3) is 22.5 Å². The SMILES string of the molecule is O=c1n(Cc2ccc(-c3nnc(C(F)F)o3)cn2)c2cc(F)ccc2n1C1CCN(C2COC2)CC1. The minimum absolute atomic E-state index is 0.0147. The zero-order valence-electron chi connectivity index (χ0n) is 19.2. The summed E-state index contributed by atoms with van der Waals surface area (Å²) in [6.07, 6.45) is 0.209. The number of pyridine rings is 1. The summed E-state index contributed by atoms with van der Waals surface area (Å²) in [4.78, 5) is 20.3. The van der Waals surface area contributed by atoms with E-state index < -0.39 is 18.1 Å². The Balaban J connectivity index is 1.28. The van der Waals surface area contributed by atoms with Crippen LogP contribution >= 0.6 is 0 Å². The van der Waals surface area contributed by atoms with Crippen molar-refractivity contribution in [3.8, 4) is 11.5 Å². The van der Waals surface area contributed by atoms with Gasteiger partial charge in [-0.05, 0) is 43.2 Å². The number of alkyl halides is 2. The van der Waals surface area contributed by atoms with E-state index in [0.29, 0.717) is 28.3 Å². The monoisotopic (exact) mass is 500 g/mol. The summed E-state index contributed by atoms with van der Waals surface area (Å²) in [6.45, 7) is 3.40. The first kappa shape index (κ1) is 22.9. The van der Waals surface area contributed by atoms with Crippen LogP contribution < -0.4 is 5.69 Å². The summed E-state index contributed by atoms with van der Waals surface area (Å²) in [5.41, 5.74) is 1.89. The van der Waals surface area contributed by atoms with Gasteiger partial charge in [-0.25, -0.2) is 9.18 Å². The number of hydrogen-bond acceptors (Lipinski definition) is 7. The Labute approximate surface area is 203 Å². The summed E-state index contributed by atoms with van der Waals surface area (Å²) in [6, 6.07) is 8.12. The molecule has 9 nitrogen and oxygen atoms in total. The lowest BCUT2D eigenvalue weighted by Gasteiger charge is -2.41. The topological polar surface area (TPSA) is 91.2 Å². The molecule has 0 bridgehead atoms. The van der Waals surface area contributed by atoms with Crippen molar-refractivity contribution in [1.29, 1.82) is 0 Å². The molecule has 0 atom stereocenters. The molecule has 36 heavy (non-hydrogen) atoms. The van der Waals surface area contributed by atoms with Crippen molar-refractivity contribution < 1.29 is 22.3 Å². The zero-order valence-corrected chi connectivity index (χ0v) is 19.2. The van der Waals surface area contributed by atoms with Gasteiger partial charge in [-0.2, -0.15) is 8.78 Å². The van der Waals surface area contributed by atoms with Crippen molar-refractivity contribution in [2.24, 2.45) is 0 Å². The van der Waals surface area contributed by atoms with E-state index in [2.05, 4.69) is 20.1 Å². The van der Waals surface area contributed by atoms with Crippen LogP contribution in [0.1, 0.15) is 36.9 Å². The number of hydrogen-bond donors (Lipinski definition) is 0. The summed E-state index contributed by atoms with van der Waals surface area (Å²) in [5, 5.41) is 6.94. The molecule has 4 aromatic rings. The first-order valence-corrected chi connectivity index (χ1v) is 11.8. The first-order valence-electron chi connectivity index (χ1n) is 11.8. The highest BCUT2D eigenvalue weighted by Gasteiger charge is 2.31. The van der Waals surface area contributed by atoms with Gasteiger partial charge < -0.3 is 9.15 Å². The fourth-order valence-electron chi connectivity index (χ4n) is 4.95. The first-order chi connectivity index (χ1) is 17.5. The predicted octanol–water partition coefficient (Wildman–Crippen LogP) is 3.41. The lowest BCUT2D eigenvalue weighted by molar-refractivity contribution is -0.0731. The molecule has 0 spiro atoms. The number of nitrogens with zero attached hydrogens (tertiary/aromatic N) is 6. The molecular formula is C24H23F3N6O3. The highest BCUT2D eigenvalue weighted by molar-refractivity contribution is 5.76. The fourth-order valence-corrected chi connectivity index (χ4v) is 4.95. The van der Waals surface area contributed by atoms with E-state index in [4.69, 9.17) is 9.15 Å². The number of fused-ring (bicyclic) bond motifs is 1. The van der Waals surface area contributed by atoms with Crippen LogP contribution in [0.4, 0.5) is 13.2 Å². The van der Waals surface area contributed by atoms with Crippen LogP contribution in [0.3, 0.4) is 0 Å². The molecule has 2 aliphatic heterocycles. The summed E-state index contributed by atoms with van der Waals surface area (Å²) in [7, 11) is 0. The zero-order chi connectivity index (χ0) is 24.8. The second kappa shape index (κ2) is 9.17. The Morgan fingerprint density at radius 2 is 1.83 bits per heavy atom. The normalized spacial score (nSPS) is 17.8. The molecule has 0 amide bonds. The third-order valence-corrected chi connectivity index (χ3v) is 6.94. The molecule has 1 aromatic carbocycles. The van der Waals surface area contributed by atoms with Crippen molar-refractivity contribution in [2.75, 3.05) is 26.3 Å². The second-order valence-corrected chi connectivity index (χ2v) is 9.11. The minimum atomic E-state index is -2.86. The van der Waals surface area contributed by atoms with Crippen LogP contribution in [0.5, 0.6) is 0 Å². The van der Waals surface area contributed by atoms with E-state index in [9.17, 15) is 18.0 Å². The molecule has 6 rings (SSSR count). The van der Waals surface area contributed by atoms with Crippen LogP contribution in [0.15, 0.2) is 45.7 Å². The van der Waals surface area contributed by atoms with Crippen molar-refractivity contribution in [3.63, 3.8) is 0 Å². The van der Waals surface area contributed by atoms with Gasteiger partial charge in [0, 0.05) is 25.3 Å². The molecule has 2 fully saturated rings. The Hall–Kier alpha value is -3.51. The maximum atomic E-state index is 14.2. The highest BCUT2D eigenvalue weighted by atomic mass is 19.3. The molecule has 0 radical (unpaired) electrons. The van der Waals surface area contributed by atoms with Gasteiger partial charge in [-0.3, -0.25) is 19.0 Å². The van der Waals surface area contributed by atoms with Gasteiger partial charge in [0.25, 0.3) is 5.89 Å². The van der Waals surface area contributed by atoms with Gasteiger partial charge >= 0.3 is 12.1 Å². The van der Waals surface area contributed by atoms with E-state index in [1.807, 2.05) is 0 Å². The van der Waals surface area contributed by atoms with E-state index in [0.717, 1.165) is 39.1 Å². The third-order valence-electron chi connectivity index (χ3n) is 6.94. The number of aromatic nitrogens is 5. The average Bonchev–Trinajstić information content (AvgIpc) is 3.43. The molecule has 2 aliphatic rings. The molecule has 0 N–H and O–H groups in total. The molecule has 0 saturated carbocycles. The fraction of sp³-hybridized carbons (Fsp3) is 0.417. The Bertz CT molecular complexity index is 1440. The van der Waals surface area contributed by atoms with Gasteiger partial charge in [-0.1, -0.05) is 0 Å². The number of imidazole rings is 1. The number of likely N-dealkylation sites (tertiary alicyclic amines) is 1. The standard InChI is InChI=1S/C24H23F3N6O3/c25-15-2-4-19-20(9-15)32(24(34)33(19)17-5-7-31(8-6-17)18-12-35-13-18)11-16-3-1-14(10-28-16)22-29-30-23(36-22)21(26)27/h1-4,9-10,17-18,21H,5-8,11-13H2. The van der Waals surface area contributed by atoms with Gasteiger partial charge in [0.1, 0.15) is 5.82 Å². The van der Waals surface area contributed by atoms with Crippen LogP contribution in [-0.2, 0) is 11.3 Å². The average molecular weight is 500 g/mol. The van der Waals surface area contributed by atoms with Crippen molar-refractivity contribution >= 4 is 11.0 Å². The lowest BCUT2D eigenvalue weighted by Crippen LogP contribution is -2.52. The van der Waals surface area contributed by atoms with Crippen LogP contribution in [-0.4, -0.2) is 61.6 Å². The van der Waals surface area contributed by atoms with E-state index >= 15 is 0 Å². The molecule has 12 heteroatoms. The predicted molar refractivity (Wildman–Crippen MR) is 122 cm³/mol. The van der Waals surface area contributed by atoms with Gasteiger partial charge in [-0.15, -0.1) is 10.2 Å². The van der Waals surface area contributed by atoms with Gasteiger partial charge in [0.05, 0.1) is 48.1 Å². The maximum absolute atomic E-state index is 14.2. The lowest BCUT2D eigenvalue weighted by atomic mass is 10.0. The van der Waals surface area contributed by atoms with E-state index in [-0.39, 0.29) is 24.2 Å². The number of halogens is 3. The molecule has 0 unspecified atom stereocenters. The summed E-state index contributed by atoms with van der Waals surface area (Å²) < 4.78 is 53.2. The molecule has 5 heterocycles. The van der Waals surface area contributed by atoms with E-state index in [1.54, 1.807) is 22.8 Å². The number of benzene rings is 1. The Kier molecular flexibility index (Phi) is 5.84. The highest BCUT2D eigenvalue weighted by Crippen LogP contribution is 2.29. The smallest absolute Gasteiger partial charge is 0.329 e. The molecule has 3 aromatic heterocycles. The largest absolute Gasteiger partial charge is 0.415 e. The van der Waals surface area contributed by atoms with Crippen LogP contribution in [0, 0.1) is 5.82 Å². The van der Waals surface area contributed by atoms with E-state index in [1.165, 1.54) is 22.9 Å². The van der Waals surface area contributed by atoms with Crippen LogP contribution in [0.2, 0.25) is 0 Å². The quantitative estimate of drug-likeness (QED) is 0.401. The minimum Gasteiger partial charge on any atom is -0.415 e. The van der Waals surface area contributed by atoms with Crippen molar-refractivity contribution in [3.05, 3.63) is 64.4 Å². The molecule has 188 valence electrons. The number of piperidine rings is 1. The molecule has 2 saturated heterocycles. The molecule has 0 aliphatic carbocycles. The number of ether oxygens (including phenoxy) is 1.